The van der Waals surface area contributed by atoms with Crippen LogP contribution in [0.3, 0.4) is 0 Å². The predicted octanol–water partition coefficient (Wildman–Crippen LogP) is 15.3. The van der Waals surface area contributed by atoms with Crippen molar-refractivity contribution in [3.05, 3.63) is 121 Å². The third-order valence-electron chi connectivity index (χ3n) is 8.81. The molecule has 3 amide bonds. The summed E-state index contributed by atoms with van der Waals surface area (Å²) in [6.45, 7) is 22.3. The number of carbonyl (C=O) groups excluding carboxylic acids is 3. The summed E-state index contributed by atoms with van der Waals surface area (Å²) in [7, 11) is 0. The summed E-state index contributed by atoms with van der Waals surface area (Å²) in [4.78, 5) is 38.3. The number of carbonyl (C=O) groups is 3. The fourth-order valence-corrected chi connectivity index (χ4v) is 7.73. The Morgan fingerprint density at radius 1 is 0.459 bits per heavy atom. The molecule has 3 N–H and O–H groups in total. The van der Waals surface area contributed by atoms with Crippen molar-refractivity contribution in [1.29, 1.82) is 0 Å². The molecule has 4 aromatic rings. The summed E-state index contributed by atoms with van der Waals surface area (Å²) in [6.07, 6.45) is 8.44. The zero-order chi connectivity index (χ0) is 45.0. The van der Waals surface area contributed by atoms with E-state index in [4.69, 9.17) is 4.74 Å². The molecule has 7 nitrogen and oxygen atoms in total. The van der Waals surface area contributed by atoms with Crippen molar-refractivity contribution in [3.8, 4) is 5.75 Å². The van der Waals surface area contributed by atoms with Gasteiger partial charge in [-0.25, -0.2) is 4.79 Å². The Morgan fingerprint density at radius 3 is 1.26 bits per heavy atom. The summed E-state index contributed by atoms with van der Waals surface area (Å²) in [5, 5.41) is 8.75. The van der Waals surface area contributed by atoms with Gasteiger partial charge in [0.25, 0.3) is 10.5 Å². The average molecular weight is 888 g/mol. The van der Waals surface area contributed by atoms with Crippen LogP contribution in [0, 0.1) is 16.2 Å². The highest BCUT2D eigenvalue weighted by Crippen LogP contribution is 2.25. The van der Waals surface area contributed by atoms with Crippen LogP contribution in [0.4, 0.5) is 14.4 Å². The number of hydrogen-bond acceptors (Lipinski definition) is 7. The molecule has 0 saturated heterocycles. The predicted molar refractivity (Wildman–Crippen MR) is 263 cm³/mol. The number of ether oxygens (including phenoxy) is 1. The van der Waals surface area contributed by atoms with Gasteiger partial charge in [0.05, 0.1) is 0 Å². The molecule has 4 rings (SSSR count). The lowest BCUT2D eigenvalue weighted by Crippen LogP contribution is -2.27. The minimum absolute atomic E-state index is 0.0325. The third kappa shape index (κ3) is 30.8. The first-order chi connectivity index (χ1) is 28.9. The zero-order valence-electron chi connectivity index (χ0n) is 38.3. The number of hydrogen-bond donors (Lipinski definition) is 3. The van der Waals surface area contributed by atoms with Gasteiger partial charge in [-0.05, 0) is 132 Å². The number of amides is 3. The Kier molecular flexibility index (Phi) is 25.7. The fourth-order valence-electron chi connectivity index (χ4n) is 5.49. The molecule has 0 aliphatic carbocycles. The molecule has 0 saturated carbocycles. The highest BCUT2D eigenvalue weighted by atomic mass is 32.2. The summed E-state index contributed by atoms with van der Waals surface area (Å²) in [5.74, 6) is 1.47. The van der Waals surface area contributed by atoms with E-state index in [1.54, 1.807) is 11.8 Å². The van der Waals surface area contributed by atoms with Gasteiger partial charge in [-0.1, -0.05) is 142 Å². The second-order valence-electron chi connectivity index (χ2n) is 18.5. The van der Waals surface area contributed by atoms with Crippen LogP contribution in [0.2, 0.25) is 0 Å². The van der Waals surface area contributed by atoms with Crippen LogP contribution in [0.15, 0.2) is 130 Å². The van der Waals surface area contributed by atoms with Crippen LogP contribution in [0.25, 0.3) is 0 Å². The Labute approximate surface area is 381 Å². The molecular formula is C51H73N3O4S3. The van der Waals surface area contributed by atoms with E-state index in [9.17, 15) is 14.4 Å². The number of nitrogens with one attached hydrogen (secondary N) is 3. The lowest BCUT2D eigenvalue weighted by molar-refractivity contribution is 0.200. The molecule has 0 aliphatic heterocycles. The first-order valence-electron chi connectivity index (χ1n) is 21.6. The maximum atomic E-state index is 11.8. The smallest absolute Gasteiger partial charge is 0.410 e. The normalized spacial score (nSPS) is 11.2. The monoisotopic (exact) mass is 887 g/mol. The highest BCUT2D eigenvalue weighted by molar-refractivity contribution is 8.13. The SMILES string of the molecule is CC(C)(C)CCCCNC(=O)Oc1ccc(CSc2ccccc2)cc1.CC(C)(C)CCCCNC(=O)Sc1ccccc1.CC(C)(C)CCCNC(=O)Sc1ccccc1. The molecular weight excluding hydrogens is 815 g/mol. The largest absolute Gasteiger partial charge is 0.412 e. The van der Waals surface area contributed by atoms with Gasteiger partial charge in [-0.3, -0.25) is 9.59 Å². The Balaban J connectivity index is 0.000000326. The van der Waals surface area contributed by atoms with E-state index in [2.05, 4.69) is 90.4 Å². The minimum atomic E-state index is -0.382. The van der Waals surface area contributed by atoms with Crippen molar-refractivity contribution < 1.29 is 19.1 Å². The van der Waals surface area contributed by atoms with Crippen LogP contribution in [-0.4, -0.2) is 36.2 Å². The maximum absolute atomic E-state index is 11.8. The zero-order valence-corrected chi connectivity index (χ0v) is 40.8. The Morgan fingerprint density at radius 2 is 0.836 bits per heavy atom. The van der Waals surface area contributed by atoms with Gasteiger partial charge in [0.2, 0.25) is 0 Å². The number of unbranched alkanes of at least 4 members (excludes halogenated alkanes) is 2. The second-order valence-corrected chi connectivity index (χ2v) is 21.7. The van der Waals surface area contributed by atoms with E-state index in [1.807, 2.05) is 103 Å². The topological polar surface area (TPSA) is 96.5 Å². The molecule has 0 aliphatic rings. The molecule has 4 aromatic carbocycles. The Hall–Kier alpha value is -3.86. The lowest BCUT2D eigenvalue weighted by Gasteiger charge is -2.17. The fraction of sp³-hybridized carbons (Fsp3) is 0.471. The molecule has 0 heterocycles. The molecule has 0 fully saturated rings. The van der Waals surface area contributed by atoms with Gasteiger partial charge in [-0.2, -0.15) is 0 Å². The van der Waals surface area contributed by atoms with Gasteiger partial charge < -0.3 is 20.7 Å². The molecule has 61 heavy (non-hydrogen) atoms. The quantitative estimate of drug-likeness (QED) is 0.0718. The highest BCUT2D eigenvalue weighted by Gasteiger charge is 2.12. The van der Waals surface area contributed by atoms with Crippen molar-refractivity contribution >= 4 is 51.9 Å². The van der Waals surface area contributed by atoms with Crippen LogP contribution in [0.5, 0.6) is 5.75 Å². The van der Waals surface area contributed by atoms with Gasteiger partial charge in [0, 0.05) is 40.1 Å². The van der Waals surface area contributed by atoms with Crippen molar-refractivity contribution in [2.45, 2.75) is 134 Å². The molecule has 10 heteroatoms. The van der Waals surface area contributed by atoms with E-state index >= 15 is 0 Å². The van der Waals surface area contributed by atoms with Crippen LogP contribution in [-0.2, 0) is 5.75 Å². The summed E-state index contributed by atoms with van der Waals surface area (Å²) < 4.78 is 5.32. The third-order valence-corrected chi connectivity index (χ3v) is 11.6. The molecule has 0 bridgehead atoms. The van der Waals surface area contributed by atoms with Gasteiger partial charge in [0.15, 0.2) is 0 Å². The standard InChI is InChI=1S/C22H29NO2S.C15H23NOS.C14H21NOS/c1-22(2,3)15-7-8-16-23-21(24)25-19-13-11-18(12-14-19)17-26-20-9-5-4-6-10-20;1-15(2,3)11-7-8-12-16-14(17)18-13-9-5-4-6-10-13;1-14(2,3)10-7-11-15-13(16)17-12-8-5-4-6-9-12/h4-6,9-14H,7-8,15-17H2,1-3H3,(H,23,24);4-6,9-10H,7-8,11-12H2,1-3H3,(H,16,17);4-6,8-9H,7,10-11H2,1-3H3,(H,15,16). The van der Waals surface area contributed by atoms with Gasteiger partial charge in [-0.15, -0.1) is 11.8 Å². The van der Waals surface area contributed by atoms with Crippen LogP contribution in [0.1, 0.15) is 119 Å². The average Bonchev–Trinajstić information content (AvgIpc) is 3.19. The van der Waals surface area contributed by atoms with Crippen molar-refractivity contribution in [1.82, 2.24) is 16.0 Å². The minimum Gasteiger partial charge on any atom is -0.410 e. The lowest BCUT2D eigenvalue weighted by atomic mass is 9.90. The van der Waals surface area contributed by atoms with E-state index in [0.717, 1.165) is 67.2 Å². The molecule has 334 valence electrons. The van der Waals surface area contributed by atoms with E-state index in [0.29, 0.717) is 28.5 Å². The molecule has 0 unspecified atom stereocenters. The van der Waals surface area contributed by atoms with E-state index in [-0.39, 0.29) is 16.6 Å². The molecule has 0 aromatic heterocycles. The summed E-state index contributed by atoms with van der Waals surface area (Å²) in [6, 6.07) is 37.5. The van der Waals surface area contributed by atoms with E-state index in [1.165, 1.54) is 46.8 Å². The van der Waals surface area contributed by atoms with Crippen molar-refractivity contribution in [2.24, 2.45) is 16.2 Å². The number of benzene rings is 4. The van der Waals surface area contributed by atoms with Crippen molar-refractivity contribution in [2.75, 3.05) is 19.6 Å². The molecule has 0 radical (unpaired) electrons. The number of rotatable bonds is 17. The summed E-state index contributed by atoms with van der Waals surface area (Å²) in [5.41, 5.74) is 2.29. The molecule has 0 spiro atoms. The van der Waals surface area contributed by atoms with Crippen LogP contribution < -0.4 is 20.7 Å². The van der Waals surface area contributed by atoms with Crippen LogP contribution >= 0.6 is 35.3 Å². The summed E-state index contributed by atoms with van der Waals surface area (Å²) >= 11 is 4.30. The van der Waals surface area contributed by atoms with E-state index < -0.39 is 0 Å². The second kappa shape index (κ2) is 29.4. The number of thioether (sulfide) groups is 3. The first kappa shape index (κ1) is 53.3. The van der Waals surface area contributed by atoms with Crippen molar-refractivity contribution in [3.63, 3.8) is 0 Å². The maximum Gasteiger partial charge on any atom is 0.412 e. The van der Waals surface area contributed by atoms with Gasteiger partial charge in [0.1, 0.15) is 5.75 Å². The Bertz CT molecular complexity index is 1770. The molecule has 0 atom stereocenters. The first-order valence-corrected chi connectivity index (χ1v) is 24.2. The van der Waals surface area contributed by atoms with Gasteiger partial charge >= 0.3 is 6.09 Å².